The molecule has 1 unspecified atom stereocenters. The Balaban J connectivity index is 4.15. The molecule has 3 N–H and O–H groups in total. The molecule has 0 aliphatic rings. The van der Waals surface area contributed by atoms with Gasteiger partial charge in [-0.25, -0.2) is 4.57 Å². The van der Waals surface area contributed by atoms with Crippen LogP contribution in [0, 0.1) is 0 Å². The SMILES string of the molecule is CCCCCCCCCCCCCC/C=C\OC[C@H](COP(=O)(O)OCCN)OC(=O)CCCCCCCCCCCC. The predicted molar refractivity (Wildman–Crippen MR) is 178 cm³/mol. The van der Waals surface area contributed by atoms with Gasteiger partial charge >= 0.3 is 13.8 Å². The molecule has 0 radical (unpaired) electrons. The summed E-state index contributed by atoms with van der Waals surface area (Å²) in [5.41, 5.74) is 5.33. The van der Waals surface area contributed by atoms with E-state index in [0.717, 1.165) is 32.1 Å². The molecule has 0 saturated heterocycles. The van der Waals surface area contributed by atoms with Crippen molar-refractivity contribution in [3.05, 3.63) is 12.3 Å². The number of carbonyl (C=O) groups excluding carboxylic acids is 1. The van der Waals surface area contributed by atoms with Crippen LogP contribution >= 0.6 is 7.82 Å². The summed E-state index contributed by atoms with van der Waals surface area (Å²) in [6, 6.07) is 0. The minimum atomic E-state index is -4.27. The monoisotopic (exact) mass is 633 g/mol. The van der Waals surface area contributed by atoms with Gasteiger partial charge < -0.3 is 20.1 Å². The first-order valence-electron chi connectivity index (χ1n) is 17.7. The molecule has 0 fully saturated rings. The van der Waals surface area contributed by atoms with E-state index in [1.807, 2.05) is 6.08 Å². The minimum Gasteiger partial charge on any atom is -0.498 e. The van der Waals surface area contributed by atoms with Gasteiger partial charge in [-0.3, -0.25) is 13.8 Å². The average molecular weight is 634 g/mol. The van der Waals surface area contributed by atoms with E-state index < -0.39 is 13.9 Å². The lowest BCUT2D eigenvalue weighted by molar-refractivity contribution is -0.153. The van der Waals surface area contributed by atoms with Crippen molar-refractivity contribution in [2.75, 3.05) is 26.4 Å². The largest absolute Gasteiger partial charge is 0.498 e. The summed E-state index contributed by atoms with van der Waals surface area (Å²) in [6.45, 7) is 4.22. The van der Waals surface area contributed by atoms with Gasteiger partial charge in [-0.05, 0) is 25.3 Å². The fourth-order valence-corrected chi connectivity index (χ4v) is 5.67. The van der Waals surface area contributed by atoms with Crippen LogP contribution in [0.15, 0.2) is 12.3 Å². The summed E-state index contributed by atoms with van der Waals surface area (Å²) in [4.78, 5) is 22.2. The van der Waals surface area contributed by atoms with Gasteiger partial charge in [0.15, 0.2) is 6.10 Å². The second-order valence-corrected chi connectivity index (χ2v) is 13.3. The van der Waals surface area contributed by atoms with E-state index in [2.05, 4.69) is 13.8 Å². The molecule has 8 nitrogen and oxygen atoms in total. The van der Waals surface area contributed by atoms with Crippen molar-refractivity contribution < 1.29 is 32.8 Å². The number of allylic oxidation sites excluding steroid dienone is 1. The molecule has 0 aliphatic carbocycles. The van der Waals surface area contributed by atoms with Gasteiger partial charge in [-0.15, -0.1) is 0 Å². The molecule has 0 amide bonds. The number of ether oxygens (including phenoxy) is 2. The van der Waals surface area contributed by atoms with Crippen LogP contribution in [0.3, 0.4) is 0 Å². The van der Waals surface area contributed by atoms with Gasteiger partial charge in [-0.1, -0.05) is 142 Å². The zero-order chi connectivity index (χ0) is 31.7. The Labute approximate surface area is 264 Å². The normalized spacial score (nSPS) is 13.8. The van der Waals surface area contributed by atoms with Crippen LogP contribution in [0.25, 0.3) is 0 Å². The van der Waals surface area contributed by atoms with Crippen molar-refractivity contribution in [1.82, 2.24) is 0 Å². The summed E-state index contributed by atoms with van der Waals surface area (Å²) in [5, 5.41) is 0. The van der Waals surface area contributed by atoms with Crippen LogP contribution in [0.5, 0.6) is 0 Å². The molecule has 0 saturated carbocycles. The minimum absolute atomic E-state index is 0.0373. The van der Waals surface area contributed by atoms with Crippen molar-refractivity contribution in [3.8, 4) is 0 Å². The zero-order valence-electron chi connectivity index (χ0n) is 28.0. The lowest BCUT2D eigenvalue weighted by Crippen LogP contribution is -2.27. The summed E-state index contributed by atoms with van der Waals surface area (Å²) in [5.74, 6) is -0.354. The standard InChI is InChI=1S/C34H68NO7P/c1-3-5-7-9-11-13-15-16-17-18-20-22-24-26-29-39-31-33(32-41-43(37,38)40-30-28-35)42-34(36)27-25-23-21-19-14-12-10-8-6-4-2/h26,29,33H,3-25,27-28,30-32,35H2,1-2H3,(H,37,38)/b29-26-/t33-/m1/s1. The van der Waals surface area contributed by atoms with E-state index in [1.54, 1.807) is 6.26 Å². The van der Waals surface area contributed by atoms with Gasteiger partial charge in [0, 0.05) is 13.0 Å². The predicted octanol–water partition coefficient (Wildman–Crippen LogP) is 9.92. The van der Waals surface area contributed by atoms with Crippen molar-refractivity contribution in [1.29, 1.82) is 0 Å². The number of hydrogen-bond acceptors (Lipinski definition) is 7. The van der Waals surface area contributed by atoms with Crippen molar-refractivity contribution >= 4 is 13.8 Å². The maximum atomic E-state index is 12.4. The van der Waals surface area contributed by atoms with Crippen molar-refractivity contribution in [2.45, 2.75) is 174 Å². The Bertz CT molecular complexity index is 677. The van der Waals surface area contributed by atoms with Gasteiger partial charge in [0.2, 0.25) is 0 Å². The van der Waals surface area contributed by atoms with Crippen LogP contribution in [-0.2, 0) is 27.9 Å². The molecule has 9 heteroatoms. The lowest BCUT2D eigenvalue weighted by atomic mass is 10.0. The van der Waals surface area contributed by atoms with Gasteiger partial charge in [0.05, 0.1) is 19.5 Å². The quantitative estimate of drug-likeness (QED) is 0.0311. The van der Waals surface area contributed by atoms with Gasteiger partial charge in [0.25, 0.3) is 0 Å². The number of rotatable bonds is 34. The maximum absolute atomic E-state index is 12.4. The molecule has 0 heterocycles. The van der Waals surface area contributed by atoms with Crippen LogP contribution in [-0.4, -0.2) is 43.3 Å². The number of phosphoric acid groups is 1. The summed E-state index contributed by atoms with van der Waals surface area (Å²) < 4.78 is 32.9. The molecule has 256 valence electrons. The molecular formula is C34H68NO7P. The molecule has 0 aromatic heterocycles. The Kier molecular flexibility index (Phi) is 31.8. The Morgan fingerprint density at radius 2 is 1.16 bits per heavy atom. The van der Waals surface area contributed by atoms with E-state index in [4.69, 9.17) is 24.3 Å². The highest BCUT2D eigenvalue weighted by Gasteiger charge is 2.25. The van der Waals surface area contributed by atoms with Gasteiger partial charge in [-0.2, -0.15) is 0 Å². The smallest absolute Gasteiger partial charge is 0.472 e. The molecule has 0 rings (SSSR count). The number of hydrogen-bond donors (Lipinski definition) is 2. The second kappa shape index (κ2) is 32.5. The number of esters is 1. The summed E-state index contributed by atoms with van der Waals surface area (Å²) in [7, 11) is -4.27. The van der Waals surface area contributed by atoms with Crippen molar-refractivity contribution in [3.63, 3.8) is 0 Å². The highest BCUT2D eigenvalue weighted by atomic mass is 31.2. The number of carbonyl (C=O) groups is 1. The molecule has 43 heavy (non-hydrogen) atoms. The Hall–Kier alpha value is -0.920. The van der Waals surface area contributed by atoms with E-state index >= 15 is 0 Å². The van der Waals surface area contributed by atoms with E-state index in [-0.39, 0.29) is 32.3 Å². The molecule has 0 aromatic rings. The topological polar surface area (TPSA) is 117 Å². The van der Waals surface area contributed by atoms with Crippen LogP contribution in [0.4, 0.5) is 0 Å². The first kappa shape index (κ1) is 42.1. The molecule has 2 atom stereocenters. The second-order valence-electron chi connectivity index (χ2n) is 11.8. The Morgan fingerprint density at radius 3 is 1.65 bits per heavy atom. The van der Waals surface area contributed by atoms with Crippen molar-refractivity contribution in [2.24, 2.45) is 5.73 Å². The highest BCUT2D eigenvalue weighted by molar-refractivity contribution is 7.47. The molecule has 0 bridgehead atoms. The summed E-state index contributed by atoms with van der Waals surface area (Å²) >= 11 is 0. The van der Waals surface area contributed by atoms with Crippen LogP contribution in [0.2, 0.25) is 0 Å². The number of phosphoric ester groups is 1. The zero-order valence-corrected chi connectivity index (χ0v) is 28.8. The van der Waals surface area contributed by atoms with Crippen LogP contribution in [0.1, 0.15) is 168 Å². The fourth-order valence-electron chi connectivity index (χ4n) is 4.90. The average Bonchev–Trinajstić information content (AvgIpc) is 2.99. The maximum Gasteiger partial charge on any atom is 0.472 e. The molecular weight excluding hydrogens is 565 g/mol. The highest BCUT2D eigenvalue weighted by Crippen LogP contribution is 2.43. The molecule has 0 spiro atoms. The molecule has 0 aliphatic heterocycles. The third-order valence-corrected chi connectivity index (χ3v) is 8.51. The van der Waals surface area contributed by atoms with Gasteiger partial charge in [0.1, 0.15) is 6.61 Å². The summed E-state index contributed by atoms with van der Waals surface area (Å²) in [6.07, 6.45) is 31.7. The van der Waals surface area contributed by atoms with Crippen LogP contribution < -0.4 is 5.73 Å². The first-order valence-corrected chi connectivity index (χ1v) is 19.2. The number of unbranched alkanes of at least 4 members (excludes halogenated alkanes) is 21. The lowest BCUT2D eigenvalue weighted by Gasteiger charge is -2.19. The van der Waals surface area contributed by atoms with E-state index in [1.165, 1.54) is 116 Å². The number of nitrogens with two attached hydrogens (primary N) is 1. The third-order valence-electron chi connectivity index (χ3n) is 7.53. The van der Waals surface area contributed by atoms with E-state index in [9.17, 15) is 14.3 Å². The fraction of sp³-hybridized carbons (Fsp3) is 0.912. The van der Waals surface area contributed by atoms with E-state index in [0.29, 0.717) is 6.42 Å². The first-order chi connectivity index (χ1) is 20.9. The Morgan fingerprint density at radius 1 is 0.698 bits per heavy atom. The molecule has 0 aromatic carbocycles. The third kappa shape index (κ3) is 32.3.